The highest BCUT2D eigenvalue weighted by atomic mass is 16.5. The lowest BCUT2D eigenvalue weighted by atomic mass is 10.0. The third-order valence-corrected chi connectivity index (χ3v) is 5.22. The Bertz CT molecular complexity index is 1220. The molecule has 0 aromatic heterocycles. The highest BCUT2D eigenvalue weighted by molar-refractivity contribution is 6.46. The molecule has 1 heterocycles. The summed E-state index contributed by atoms with van der Waals surface area (Å²) >= 11 is 0. The van der Waals surface area contributed by atoms with E-state index in [-0.39, 0.29) is 11.3 Å². The summed E-state index contributed by atoms with van der Waals surface area (Å²) in [6.07, 6.45) is 0. The molecule has 1 aliphatic heterocycles. The second-order valence-corrected chi connectivity index (χ2v) is 7.15. The van der Waals surface area contributed by atoms with Gasteiger partial charge in [-0.1, -0.05) is 42.5 Å². The second kappa shape index (κ2) is 9.48. The summed E-state index contributed by atoms with van der Waals surface area (Å²) in [5, 5.41) is 3.14. The number of benzene rings is 3. The standard InChI is InChI=1S/C26H24N2O5/c1-4-33-22-13-9-8-12-20(22)28-25(29)23(17-10-6-5-7-11-17)24(26(28)30)27-19-16-18(31-2)14-15-21(19)32-3/h5-16,27H,4H2,1-3H3. The van der Waals surface area contributed by atoms with Gasteiger partial charge < -0.3 is 19.5 Å². The van der Waals surface area contributed by atoms with Crippen LogP contribution >= 0.6 is 0 Å². The molecule has 33 heavy (non-hydrogen) atoms. The quantitative estimate of drug-likeness (QED) is 0.516. The predicted molar refractivity (Wildman–Crippen MR) is 127 cm³/mol. The molecule has 2 amide bonds. The predicted octanol–water partition coefficient (Wildman–Crippen LogP) is 4.50. The lowest BCUT2D eigenvalue weighted by Gasteiger charge is -2.19. The van der Waals surface area contributed by atoms with E-state index in [0.29, 0.717) is 40.8 Å². The number of carbonyl (C=O) groups excluding carboxylic acids is 2. The minimum absolute atomic E-state index is 0.143. The number of nitrogens with one attached hydrogen (secondary N) is 1. The second-order valence-electron chi connectivity index (χ2n) is 7.15. The van der Waals surface area contributed by atoms with Crippen LogP contribution in [0.5, 0.6) is 17.2 Å². The van der Waals surface area contributed by atoms with E-state index in [4.69, 9.17) is 14.2 Å². The summed E-state index contributed by atoms with van der Waals surface area (Å²) in [7, 11) is 3.09. The average molecular weight is 444 g/mol. The van der Waals surface area contributed by atoms with Crippen molar-refractivity contribution >= 4 is 28.8 Å². The monoisotopic (exact) mass is 444 g/mol. The zero-order valence-corrected chi connectivity index (χ0v) is 18.6. The normalized spacial score (nSPS) is 13.4. The van der Waals surface area contributed by atoms with Gasteiger partial charge in [-0.3, -0.25) is 9.59 Å². The molecule has 7 nitrogen and oxygen atoms in total. The van der Waals surface area contributed by atoms with Crippen LogP contribution < -0.4 is 24.4 Å². The van der Waals surface area contributed by atoms with Crippen LogP contribution in [0.1, 0.15) is 12.5 Å². The van der Waals surface area contributed by atoms with E-state index < -0.39 is 11.8 Å². The third kappa shape index (κ3) is 4.13. The maximum absolute atomic E-state index is 13.7. The van der Waals surface area contributed by atoms with E-state index in [9.17, 15) is 9.59 Å². The number of rotatable bonds is 8. The molecule has 3 aromatic rings. The first-order valence-corrected chi connectivity index (χ1v) is 10.5. The van der Waals surface area contributed by atoms with Gasteiger partial charge in [-0.15, -0.1) is 0 Å². The summed E-state index contributed by atoms with van der Waals surface area (Å²) in [4.78, 5) is 28.5. The number of para-hydroxylation sites is 2. The molecule has 0 radical (unpaired) electrons. The largest absolute Gasteiger partial charge is 0.497 e. The van der Waals surface area contributed by atoms with Gasteiger partial charge in [0.1, 0.15) is 22.9 Å². The number of amides is 2. The maximum Gasteiger partial charge on any atom is 0.282 e. The summed E-state index contributed by atoms with van der Waals surface area (Å²) in [5.74, 6) is 0.604. The van der Waals surface area contributed by atoms with Gasteiger partial charge in [0.25, 0.3) is 11.8 Å². The number of anilines is 2. The van der Waals surface area contributed by atoms with Crippen LogP contribution in [0, 0.1) is 0 Å². The van der Waals surface area contributed by atoms with Crippen molar-refractivity contribution in [2.45, 2.75) is 6.92 Å². The van der Waals surface area contributed by atoms with E-state index in [1.54, 1.807) is 61.7 Å². The first-order chi connectivity index (χ1) is 16.1. The van der Waals surface area contributed by atoms with Gasteiger partial charge in [-0.05, 0) is 36.8 Å². The molecular formula is C26H24N2O5. The molecule has 1 aliphatic rings. The van der Waals surface area contributed by atoms with Crippen LogP contribution in [0.15, 0.2) is 78.5 Å². The Morgan fingerprint density at radius 3 is 2.24 bits per heavy atom. The van der Waals surface area contributed by atoms with Crippen LogP contribution in [0.25, 0.3) is 5.57 Å². The Balaban J connectivity index is 1.85. The van der Waals surface area contributed by atoms with Gasteiger partial charge in [0.15, 0.2) is 0 Å². The number of hydrogen-bond donors (Lipinski definition) is 1. The zero-order chi connectivity index (χ0) is 23.4. The molecule has 0 unspecified atom stereocenters. The van der Waals surface area contributed by atoms with Crippen LogP contribution in [-0.2, 0) is 9.59 Å². The number of hydrogen-bond acceptors (Lipinski definition) is 6. The van der Waals surface area contributed by atoms with Crippen molar-refractivity contribution in [2.24, 2.45) is 0 Å². The molecule has 0 aliphatic carbocycles. The van der Waals surface area contributed by atoms with Gasteiger partial charge >= 0.3 is 0 Å². The fraction of sp³-hybridized carbons (Fsp3) is 0.154. The van der Waals surface area contributed by atoms with Crippen molar-refractivity contribution in [3.05, 3.63) is 84.1 Å². The van der Waals surface area contributed by atoms with Crippen molar-refractivity contribution in [3.8, 4) is 17.2 Å². The SMILES string of the molecule is CCOc1ccccc1N1C(=O)C(Nc2cc(OC)ccc2OC)=C(c2ccccc2)C1=O. The van der Waals surface area contributed by atoms with E-state index >= 15 is 0 Å². The highest BCUT2D eigenvalue weighted by Crippen LogP contribution is 2.39. The van der Waals surface area contributed by atoms with Crippen molar-refractivity contribution in [3.63, 3.8) is 0 Å². The number of nitrogens with zero attached hydrogens (tertiary/aromatic N) is 1. The van der Waals surface area contributed by atoms with Crippen molar-refractivity contribution < 1.29 is 23.8 Å². The van der Waals surface area contributed by atoms with Crippen molar-refractivity contribution in [1.29, 1.82) is 0 Å². The molecule has 168 valence electrons. The molecule has 4 rings (SSSR count). The summed E-state index contributed by atoms with van der Waals surface area (Å²) in [6, 6.07) is 21.3. The molecule has 0 spiro atoms. The molecule has 0 fully saturated rings. The Labute approximate surface area is 192 Å². The summed E-state index contributed by atoms with van der Waals surface area (Å²) in [5.41, 5.74) is 1.91. The maximum atomic E-state index is 13.7. The van der Waals surface area contributed by atoms with Gasteiger partial charge in [-0.2, -0.15) is 0 Å². The number of carbonyl (C=O) groups is 2. The highest BCUT2D eigenvalue weighted by Gasteiger charge is 2.41. The minimum atomic E-state index is -0.490. The number of ether oxygens (including phenoxy) is 3. The van der Waals surface area contributed by atoms with Crippen molar-refractivity contribution in [2.75, 3.05) is 31.0 Å². The molecule has 7 heteroatoms. The average Bonchev–Trinajstić information content (AvgIpc) is 3.09. The number of methoxy groups -OCH3 is 2. The Morgan fingerprint density at radius 2 is 1.55 bits per heavy atom. The van der Waals surface area contributed by atoms with E-state index in [1.807, 2.05) is 25.1 Å². The first-order valence-electron chi connectivity index (χ1n) is 10.5. The van der Waals surface area contributed by atoms with Crippen LogP contribution in [0.4, 0.5) is 11.4 Å². The Hall–Kier alpha value is -4.26. The first kappa shape index (κ1) is 22.0. The molecule has 1 N–H and O–H groups in total. The topological polar surface area (TPSA) is 77.1 Å². The van der Waals surface area contributed by atoms with Gasteiger partial charge in [0.2, 0.25) is 0 Å². The van der Waals surface area contributed by atoms with Crippen LogP contribution in [0.3, 0.4) is 0 Å². The Kier molecular flexibility index (Phi) is 6.31. The smallest absolute Gasteiger partial charge is 0.282 e. The summed E-state index contributed by atoms with van der Waals surface area (Å²) in [6.45, 7) is 2.25. The Morgan fingerprint density at radius 1 is 0.818 bits per heavy atom. The fourth-order valence-corrected chi connectivity index (χ4v) is 3.70. The molecular weight excluding hydrogens is 420 g/mol. The molecule has 0 atom stereocenters. The molecule has 0 saturated carbocycles. The van der Waals surface area contributed by atoms with Gasteiger partial charge in [0.05, 0.1) is 37.8 Å². The summed E-state index contributed by atoms with van der Waals surface area (Å²) < 4.78 is 16.5. The van der Waals surface area contributed by atoms with E-state index in [2.05, 4.69) is 5.32 Å². The van der Waals surface area contributed by atoms with E-state index in [0.717, 1.165) is 4.90 Å². The third-order valence-electron chi connectivity index (χ3n) is 5.22. The molecule has 0 saturated heterocycles. The van der Waals surface area contributed by atoms with Crippen molar-refractivity contribution in [1.82, 2.24) is 0 Å². The van der Waals surface area contributed by atoms with Gasteiger partial charge in [-0.25, -0.2) is 4.90 Å². The number of imide groups is 1. The van der Waals surface area contributed by atoms with E-state index in [1.165, 1.54) is 7.11 Å². The molecule has 0 bridgehead atoms. The van der Waals surface area contributed by atoms with Crippen LogP contribution in [0.2, 0.25) is 0 Å². The fourth-order valence-electron chi connectivity index (χ4n) is 3.70. The zero-order valence-electron chi connectivity index (χ0n) is 18.6. The van der Waals surface area contributed by atoms with Crippen LogP contribution in [-0.4, -0.2) is 32.6 Å². The van der Waals surface area contributed by atoms with Gasteiger partial charge in [0, 0.05) is 6.07 Å². The lowest BCUT2D eigenvalue weighted by Crippen LogP contribution is -2.32. The minimum Gasteiger partial charge on any atom is -0.497 e. The molecule has 3 aromatic carbocycles. The lowest BCUT2D eigenvalue weighted by molar-refractivity contribution is -0.120.